The van der Waals surface area contributed by atoms with E-state index in [2.05, 4.69) is 12.1 Å². The third-order valence-corrected chi connectivity index (χ3v) is 4.16. The lowest BCUT2D eigenvalue weighted by molar-refractivity contribution is 1.15. The molecule has 0 aliphatic rings. The fourth-order valence-corrected chi connectivity index (χ4v) is 2.78. The van der Waals surface area contributed by atoms with Gasteiger partial charge in [0.1, 0.15) is 0 Å². The lowest BCUT2D eigenvalue weighted by Gasteiger charge is -2.13. The summed E-state index contributed by atoms with van der Waals surface area (Å²) in [6.45, 7) is 0. The highest BCUT2D eigenvalue weighted by Crippen LogP contribution is 2.26. The third-order valence-electron chi connectivity index (χ3n) is 4.16. The summed E-state index contributed by atoms with van der Waals surface area (Å²) in [7, 11) is 0. The van der Waals surface area contributed by atoms with Gasteiger partial charge in [0.15, 0.2) is 0 Å². The number of hydrogen-bond donors (Lipinski definition) is 3. The second-order valence-electron chi connectivity index (χ2n) is 5.74. The lowest BCUT2D eigenvalue weighted by Crippen LogP contribution is -2.04. The van der Waals surface area contributed by atoms with Crippen molar-refractivity contribution in [2.45, 2.75) is 12.8 Å². The van der Waals surface area contributed by atoms with Crippen molar-refractivity contribution in [2.24, 2.45) is 0 Å². The molecule has 0 amide bonds. The van der Waals surface area contributed by atoms with Crippen LogP contribution in [0.15, 0.2) is 66.7 Å². The molecule has 0 saturated carbocycles. The predicted molar refractivity (Wildman–Crippen MR) is 98.2 cm³/mol. The molecule has 0 aromatic heterocycles. The Hall–Kier alpha value is -2.94. The van der Waals surface area contributed by atoms with E-state index in [0.717, 1.165) is 52.2 Å². The molecule has 23 heavy (non-hydrogen) atoms. The van der Waals surface area contributed by atoms with Crippen LogP contribution in [0.5, 0.6) is 0 Å². The van der Waals surface area contributed by atoms with E-state index in [1.165, 1.54) is 0 Å². The molecule has 0 bridgehead atoms. The molecule has 0 spiro atoms. The Morgan fingerprint density at radius 3 is 1.30 bits per heavy atom. The van der Waals surface area contributed by atoms with E-state index in [1.54, 1.807) is 0 Å². The minimum absolute atomic E-state index is 0.733. The molecule has 0 radical (unpaired) electrons. The molecule has 116 valence electrons. The smallest absolute Gasteiger partial charge is 0.0385 e. The molecule has 0 atom stereocenters. The van der Waals surface area contributed by atoms with Gasteiger partial charge in [0.25, 0.3) is 0 Å². The van der Waals surface area contributed by atoms with E-state index in [0.29, 0.717) is 0 Å². The highest BCUT2D eigenvalue weighted by atomic mass is 14.6. The maximum absolute atomic E-state index is 6.40. The van der Waals surface area contributed by atoms with Gasteiger partial charge in [-0.25, -0.2) is 0 Å². The monoisotopic (exact) mass is 303 g/mol. The van der Waals surface area contributed by atoms with Crippen molar-refractivity contribution in [3.8, 4) is 0 Å². The van der Waals surface area contributed by atoms with Crippen LogP contribution in [0.3, 0.4) is 0 Å². The van der Waals surface area contributed by atoms with Crippen molar-refractivity contribution in [3.63, 3.8) is 0 Å². The van der Waals surface area contributed by atoms with Crippen molar-refractivity contribution in [2.75, 3.05) is 17.2 Å². The van der Waals surface area contributed by atoms with Crippen molar-refractivity contribution < 1.29 is 0 Å². The van der Waals surface area contributed by atoms with Crippen molar-refractivity contribution >= 4 is 17.1 Å². The Kier molecular flexibility index (Phi) is 4.20. The fraction of sp³-hybridized carbons (Fsp3) is 0.100. The number of benzene rings is 3. The van der Waals surface area contributed by atoms with Gasteiger partial charge in [-0.3, -0.25) is 0 Å². The highest BCUT2D eigenvalue weighted by Gasteiger charge is 2.09. The molecule has 0 heterocycles. The lowest BCUT2D eigenvalue weighted by atomic mass is 9.95. The maximum atomic E-state index is 6.40. The van der Waals surface area contributed by atoms with Gasteiger partial charge in [0.2, 0.25) is 0 Å². The average molecular weight is 303 g/mol. The van der Waals surface area contributed by atoms with Gasteiger partial charge in [0.05, 0.1) is 0 Å². The summed E-state index contributed by atoms with van der Waals surface area (Å²) in [6, 6.07) is 21.9. The number of anilines is 3. The summed E-state index contributed by atoms with van der Waals surface area (Å²) in [5.41, 5.74) is 25.3. The highest BCUT2D eigenvalue weighted by molar-refractivity contribution is 5.60. The quantitative estimate of drug-likeness (QED) is 0.644. The van der Waals surface area contributed by atoms with Crippen LogP contribution in [0, 0.1) is 0 Å². The Morgan fingerprint density at radius 2 is 0.870 bits per heavy atom. The van der Waals surface area contributed by atoms with Crippen molar-refractivity contribution in [1.82, 2.24) is 0 Å². The van der Waals surface area contributed by atoms with Gasteiger partial charge in [-0.05, 0) is 34.4 Å². The number of rotatable bonds is 4. The largest absolute Gasteiger partial charge is 0.398 e. The SMILES string of the molecule is Nc1ccccc1Cc1cccc(Cc2ccccc2N)c1N. The number of para-hydroxylation sites is 3. The van der Waals surface area contributed by atoms with Crippen LogP contribution in [0.2, 0.25) is 0 Å². The Morgan fingerprint density at radius 1 is 0.478 bits per heavy atom. The molecule has 3 aromatic carbocycles. The molecule has 0 aliphatic carbocycles. The summed E-state index contributed by atoms with van der Waals surface area (Å²) in [5.74, 6) is 0. The standard InChI is InChI=1S/C20H21N3/c21-18-10-3-1-6-14(18)12-16-8-5-9-17(20(16)23)13-15-7-2-4-11-19(15)22/h1-11H,12-13,21-23H2. The zero-order valence-corrected chi connectivity index (χ0v) is 13.0. The third kappa shape index (κ3) is 3.29. The fourth-order valence-electron chi connectivity index (χ4n) is 2.78. The normalized spacial score (nSPS) is 10.6. The second kappa shape index (κ2) is 6.44. The van der Waals surface area contributed by atoms with Gasteiger partial charge in [-0.15, -0.1) is 0 Å². The van der Waals surface area contributed by atoms with Gasteiger partial charge >= 0.3 is 0 Å². The van der Waals surface area contributed by atoms with E-state index in [-0.39, 0.29) is 0 Å². The first-order valence-electron chi connectivity index (χ1n) is 7.68. The molecule has 3 heteroatoms. The molecule has 0 saturated heterocycles. The number of nitrogens with two attached hydrogens (primary N) is 3. The first kappa shape index (κ1) is 15.0. The second-order valence-corrected chi connectivity index (χ2v) is 5.74. The van der Waals surface area contributed by atoms with Crippen LogP contribution in [-0.2, 0) is 12.8 Å². The molecular formula is C20H21N3. The van der Waals surface area contributed by atoms with Crippen LogP contribution >= 0.6 is 0 Å². The molecular weight excluding hydrogens is 282 g/mol. The first-order chi connectivity index (χ1) is 11.1. The average Bonchev–Trinajstić information content (AvgIpc) is 2.55. The number of nitrogen functional groups attached to an aromatic ring is 3. The van der Waals surface area contributed by atoms with E-state index in [1.807, 2.05) is 54.6 Å². The van der Waals surface area contributed by atoms with Crippen LogP contribution in [-0.4, -0.2) is 0 Å². The maximum Gasteiger partial charge on any atom is 0.0385 e. The van der Waals surface area contributed by atoms with Gasteiger partial charge in [-0.1, -0.05) is 54.6 Å². The zero-order chi connectivity index (χ0) is 16.2. The van der Waals surface area contributed by atoms with Gasteiger partial charge in [0, 0.05) is 29.9 Å². The summed E-state index contributed by atoms with van der Waals surface area (Å²) in [6.07, 6.45) is 1.47. The minimum Gasteiger partial charge on any atom is -0.398 e. The predicted octanol–water partition coefficient (Wildman–Crippen LogP) is 3.61. The van der Waals surface area contributed by atoms with Crippen LogP contribution < -0.4 is 17.2 Å². The van der Waals surface area contributed by atoms with Crippen LogP contribution in [0.1, 0.15) is 22.3 Å². The number of hydrogen-bond acceptors (Lipinski definition) is 3. The van der Waals surface area contributed by atoms with Gasteiger partial charge < -0.3 is 17.2 Å². The summed E-state index contributed by atoms with van der Waals surface area (Å²) >= 11 is 0. The van der Waals surface area contributed by atoms with E-state index < -0.39 is 0 Å². The summed E-state index contributed by atoms with van der Waals surface area (Å²) in [5, 5.41) is 0. The molecule has 0 unspecified atom stereocenters. The molecule has 3 nitrogen and oxygen atoms in total. The molecule has 3 rings (SSSR count). The van der Waals surface area contributed by atoms with E-state index in [4.69, 9.17) is 17.2 Å². The van der Waals surface area contributed by atoms with E-state index >= 15 is 0 Å². The molecule has 0 fully saturated rings. The summed E-state index contributed by atoms with van der Waals surface area (Å²) in [4.78, 5) is 0. The van der Waals surface area contributed by atoms with Crippen molar-refractivity contribution in [1.29, 1.82) is 0 Å². The zero-order valence-electron chi connectivity index (χ0n) is 13.0. The van der Waals surface area contributed by atoms with Crippen LogP contribution in [0.4, 0.5) is 17.1 Å². The first-order valence-corrected chi connectivity index (χ1v) is 7.68. The molecule has 6 N–H and O–H groups in total. The van der Waals surface area contributed by atoms with Crippen LogP contribution in [0.25, 0.3) is 0 Å². The van der Waals surface area contributed by atoms with Crippen molar-refractivity contribution in [3.05, 3.63) is 89.0 Å². The summed E-state index contributed by atoms with van der Waals surface area (Å²) < 4.78 is 0. The Balaban J connectivity index is 1.90. The van der Waals surface area contributed by atoms with E-state index in [9.17, 15) is 0 Å². The Bertz CT molecular complexity index is 759. The minimum atomic E-state index is 0.733. The van der Waals surface area contributed by atoms with Gasteiger partial charge in [-0.2, -0.15) is 0 Å². The topological polar surface area (TPSA) is 78.1 Å². The molecule has 3 aromatic rings. The molecule has 0 aliphatic heterocycles. The Labute approximate surface area is 136 Å².